The molecule has 0 aliphatic heterocycles. The largest absolute Gasteiger partial charge is 0.493 e. The third kappa shape index (κ3) is 5.51. The van der Waals surface area contributed by atoms with Crippen LogP contribution in [-0.4, -0.2) is 36.5 Å². The molecule has 3 rings (SSSR count). The number of nitrogens with zero attached hydrogens (tertiary/aromatic N) is 2. The first-order valence-electron chi connectivity index (χ1n) is 9.54. The van der Waals surface area contributed by atoms with E-state index in [0.29, 0.717) is 23.9 Å². The first-order chi connectivity index (χ1) is 15.2. The number of methoxy groups -OCH3 is 2. The molecule has 10 heteroatoms. The van der Waals surface area contributed by atoms with Gasteiger partial charge in [-0.2, -0.15) is 18.3 Å². The van der Waals surface area contributed by atoms with Crippen molar-refractivity contribution in [2.45, 2.75) is 19.6 Å². The molecule has 1 amide bonds. The van der Waals surface area contributed by atoms with Crippen LogP contribution in [0.3, 0.4) is 0 Å². The van der Waals surface area contributed by atoms with Crippen molar-refractivity contribution >= 4 is 11.7 Å². The molecule has 32 heavy (non-hydrogen) atoms. The van der Waals surface area contributed by atoms with Crippen LogP contribution in [0.4, 0.5) is 19.0 Å². The molecule has 0 unspecified atom stereocenters. The number of anilines is 1. The van der Waals surface area contributed by atoms with Gasteiger partial charge in [0.25, 0.3) is 5.91 Å². The third-order valence-electron chi connectivity index (χ3n) is 4.61. The highest BCUT2D eigenvalue weighted by molar-refractivity contribution is 5.91. The molecule has 1 aromatic heterocycles. The van der Waals surface area contributed by atoms with E-state index < -0.39 is 17.6 Å². The van der Waals surface area contributed by atoms with E-state index >= 15 is 0 Å². The van der Waals surface area contributed by atoms with Crippen molar-refractivity contribution in [1.82, 2.24) is 9.78 Å². The fourth-order valence-electron chi connectivity index (χ4n) is 2.97. The Kier molecular flexibility index (Phi) is 6.92. The van der Waals surface area contributed by atoms with E-state index in [0.717, 1.165) is 23.3 Å². The van der Waals surface area contributed by atoms with E-state index in [1.807, 2.05) is 12.1 Å². The number of rotatable bonds is 8. The molecular weight excluding hydrogens is 427 g/mol. The van der Waals surface area contributed by atoms with Crippen LogP contribution in [-0.2, 0) is 17.5 Å². The Bertz CT molecular complexity index is 1080. The number of aryl methyl sites for hydroxylation is 1. The molecule has 0 atom stereocenters. The lowest BCUT2D eigenvalue weighted by atomic mass is 10.2. The molecule has 1 N–H and O–H groups in total. The molecule has 3 aromatic rings. The number of ether oxygens (including phenoxy) is 3. The fraction of sp³-hybridized carbons (Fsp3) is 0.273. The quantitative estimate of drug-likeness (QED) is 0.555. The van der Waals surface area contributed by atoms with Gasteiger partial charge in [-0.25, -0.2) is 4.68 Å². The molecule has 0 spiro atoms. The Morgan fingerprint density at radius 3 is 2.38 bits per heavy atom. The van der Waals surface area contributed by atoms with Gasteiger partial charge in [0.1, 0.15) is 11.6 Å². The zero-order chi connectivity index (χ0) is 23.3. The van der Waals surface area contributed by atoms with E-state index in [4.69, 9.17) is 14.2 Å². The van der Waals surface area contributed by atoms with E-state index in [2.05, 4.69) is 10.4 Å². The number of carbonyl (C=O) groups is 1. The van der Waals surface area contributed by atoms with Crippen molar-refractivity contribution in [2.75, 3.05) is 26.1 Å². The number of aromatic nitrogens is 2. The van der Waals surface area contributed by atoms with Crippen LogP contribution < -0.4 is 19.5 Å². The summed E-state index contributed by atoms with van der Waals surface area (Å²) in [5.41, 5.74) is 0.833. The van der Waals surface area contributed by atoms with Crippen molar-refractivity contribution in [3.05, 3.63) is 65.4 Å². The van der Waals surface area contributed by atoms with Crippen LogP contribution >= 0.6 is 0 Å². The summed E-state index contributed by atoms with van der Waals surface area (Å²) in [6, 6.07) is 9.59. The molecule has 170 valence electrons. The fourth-order valence-corrected chi connectivity index (χ4v) is 2.97. The molecule has 0 aliphatic rings. The van der Waals surface area contributed by atoms with Gasteiger partial charge in [0.05, 0.1) is 32.5 Å². The van der Waals surface area contributed by atoms with Crippen LogP contribution in [0.15, 0.2) is 48.7 Å². The zero-order valence-electron chi connectivity index (χ0n) is 17.7. The average Bonchev–Trinajstić information content (AvgIpc) is 3.10. The predicted octanol–water partition coefficient (Wildman–Crippen LogP) is 4.29. The Morgan fingerprint density at radius 2 is 1.75 bits per heavy atom. The average molecular weight is 449 g/mol. The highest BCUT2D eigenvalue weighted by atomic mass is 19.4. The van der Waals surface area contributed by atoms with Crippen LogP contribution in [0.1, 0.15) is 16.7 Å². The second kappa shape index (κ2) is 9.63. The standard InChI is InChI=1S/C22H22F3N3O4/c1-14-11-26-28(12-15-4-9-18(30-2)19(10-15)31-3)21(14)27-20(29)13-32-17-7-5-16(6-8-17)22(23,24)25/h4-11H,12-13H2,1-3H3,(H,27,29). The van der Waals surface area contributed by atoms with Gasteiger partial charge in [-0.3, -0.25) is 4.79 Å². The molecule has 0 saturated carbocycles. The summed E-state index contributed by atoms with van der Waals surface area (Å²) in [6.45, 7) is 1.79. The Labute approximate surface area is 182 Å². The van der Waals surface area contributed by atoms with Gasteiger partial charge in [0.15, 0.2) is 18.1 Å². The highest BCUT2D eigenvalue weighted by Gasteiger charge is 2.30. The normalized spacial score (nSPS) is 11.2. The SMILES string of the molecule is COc1ccc(Cn2ncc(C)c2NC(=O)COc2ccc(C(F)(F)F)cc2)cc1OC. The topological polar surface area (TPSA) is 74.6 Å². The molecule has 0 saturated heterocycles. The van der Waals surface area contributed by atoms with Crippen molar-refractivity contribution in [3.63, 3.8) is 0 Å². The molecule has 2 aromatic carbocycles. The minimum atomic E-state index is -4.43. The summed E-state index contributed by atoms with van der Waals surface area (Å²) in [4.78, 5) is 12.4. The smallest absolute Gasteiger partial charge is 0.416 e. The van der Waals surface area contributed by atoms with Crippen molar-refractivity contribution < 1.29 is 32.2 Å². The first kappa shape index (κ1) is 23.0. The summed E-state index contributed by atoms with van der Waals surface area (Å²) in [5, 5.41) is 7.03. The van der Waals surface area contributed by atoms with Crippen LogP contribution in [0.25, 0.3) is 0 Å². The number of carbonyl (C=O) groups excluding carboxylic acids is 1. The van der Waals surface area contributed by atoms with Gasteiger partial charge in [0, 0.05) is 5.56 Å². The third-order valence-corrected chi connectivity index (χ3v) is 4.61. The van der Waals surface area contributed by atoms with Gasteiger partial charge in [-0.05, 0) is 48.9 Å². The van der Waals surface area contributed by atoms with Crippen molar-refractivity contribution in [3.8, 4) is 17.2 Å². The zero-order valence-corrected chi connectivity index (χ0v) is 17.7. The Hall–Kier alpha value is -3.69. The number of halogens is 3. The summed E-state index contributed by atoms with van der Waals surface area (Å²) in [6.07, 6.45) is -2.81. The second-order valence-corrected chi connectivity index (χ2v) is 6.88. The van der Waals surface area contributed by atoms with Gasteiger partial charge < -0.3 is 19.5 Å². The number of alkyl halides is 3. The monoisotopic (exact) mass is 449 g/mol. The molecule has 0 bridgehead atoms. The molecular formula is C22H22F3N3O4. The lowest BCUT2D eigenvalue weighted by molar-refractivity contribution is -0.137. The lowest BCUT2D eigenvalue weighted by Gasteiger charge is -2.13. The maximum Gasteiger partial charge on any atom is 0.416 e. The summed E-state index contributed by atoms with van der Waals surface area (Å²) in [7, 11) is 3.09. The minimum absolute atomic E-state index is 0.156. The maximum atomic E-state index is 12.6. The predicted molar refractivity (Wildman–Crippen MR) is 111 cm³/mol. The van der Waals surface area contributed by atoms with Gasteiger partial charge in [0.2, 0.25) is 0 Å². The Morgan fingerprint density at radius 1 is 1.06 bits per heavy atom. The lowest BCUT2D eigenvalue weighted by Crippen LogP contribution is -2.23. The van der Waals surface area contributed by atoms with Crippen LogP contribution in [0.5, 0.6) is 17.2 Å². The number of hydrogen-bond donors (Lipinski definition) is 1. The number of amides is 1. The minimum Gasteiger partial charge on any atom is -0.493 e. The summed E-state index contributed by atoms with van der Waals surface area (Å²) < 4.78 is 55.4. The van der Waals surface area contributed by atoms with Gasteiger partial charge in [-0.1, -0.05) is 6.07 Å². The first-order valence-corrected chi connectivity index (χ1v) is 9.54. The van der Waals surface area contributed by atoms with Crippen LogP contribution in [0, 0.1) is 6.92 Å². The number of nitrogens with one attached hydrogen (secondary N) is 1. The van der Waals surface area contributed by atoms with E-state index in [-0.39, 0.29) is 12.4 Å². The summed E-state index contributed by atoms with van der Waals surface area (Å²) in [5.74, 6) is 1.35. The number of hydrogen-bond acceptors (Lipinski definition) is 5. The van der Waals surface area contributed by atoms with Gasteiger partial charge >= 0.3 is 6.18 Å². The molecule has 0 fully saturated rings. The van der Waals surface area contributed by atoms with Crippen LogP contribution in [0.2, 0.25) is 0 Å². The Balaban J connectivity index is 1.64. The van der Waals surface area contributed by atoms with Crippen molar-refractivity contribution in [2.24, 2.45) is 0 Å². The second-order valence-electron chi connectivity index (χ2n) is 6.88. The van der Waals surface area contributed by atoms with E-state index in [1.165, 1.54) is 12.1 Å². The van der Waals surface area contributed by atoms with E-state index in [9.17, 15) is 18.0 Å². The van der Waals surface area contributed by atoms with Crippen molar-refractivity contribution in [1.29, 1.82) is 0 Å². The summed E-state index contributed by atoms with van der Waals surface area (Å²) >= 11 is 0. The molecule has 0 radical (unpaired) electrons. The van der Waals surface area contributed by atoms with E-state index in [1.54, 1.807) is 38.1 Å². The molecule has 7 nitrogen and oxygen atoms in total. The molecule has 0 aliphatic carbocycles. The van der Waals surface area contributed by atoms with Gasteiger partial charge in [-0.15, -0.1) is 0 Å². The molecule has 1 heterocycles. The highest BCUT2D eigenvalue weighted by Crippen LogP contribution is 2.30. The number of benzene rings is 2. The maximum absolute atomic E-state index is 12.6.